The minimum Gasteiger partial charge on any atom is -0.465 e. The topological polar surface area (TPSA) is 96.3 Å². The number of nitrogens with zero attached hydrogens (tertiary/aromatic N) is 2. The predicted molar refractivity (Wildman–Crippen MR) is 58.3 cm³/mol. The van der Waals surface area contributed by atoms with Crippen LogP contribution in [0.25, 0.3) is 0 Å². The van der Waals surface area contributed by atoms with Gasteiger partial charge in [0.15, 0.2) is 5.82 Å². The van der Waals surface area contributed by atoms with Crippen molar-refractivity contribution in [2.45, 2.75) is 13.8 Å². The quantitative estimate of drug-likeness (QED) is 0.719. The molecule has 0 aliphatic carbocycles. The monoisotopic (exact) mass is 226 g/mol. The van der Waals surface area contributed by atoms with Crippen molar-refractivity contribution < 1.29 is 14.7 Å². The van der Waals surface area contributed by atoms with E-state index in [4.69, 9.17) is 5.11 Å². The lowest BCUT2D eigenvalue weighted by atomic mass is 10.2. The average Bonchev–Trinajstić information content (AvgIpc) is 2.45. The van der Waals surface area contributed by atoms with E-state index in [2.05, 4.69) is 15.7 Å². The molecule has 0 saturated heterocycles. The van der Waals surface area contributed by atoms with Crippen molar-refractivity contribution >= 4 is 23.6 Å². The van der Waals surface area contributed by atoms with E-state index in [1.165, 1.54) is 10.7 Å². The first-order valence-corrected chi connectivity index (χ1v) is 4.75. The molecule has 16 heavy (non-hydrogen) atoms. The molecule has 0 aromatic carbocycles. The number of carboxylic acid groups (broad SMARTS) is 1. The molecule has 0 spiro atoms. The normalized spacial score (nSPS) is 10.2. The van der Waals surface area contributed by atoms with Gasteiger partial charge in [-0.15, -0.1) is 0 Å². The van der Waals surface area contributed by atoms with Gasteiger partial charge in [0.1, 0.15) is 5.82 Å². The minimum atomic E-state index is -1.18. The minimum absolute atomic E-state index is 0.155. The summed E-state index contributed by atoms with van der Waals surface area (Å²) in [6.07, 6.45) is -1.18. The van der Waals surface area contributed by atoms with Crippen LogP contribution in [-0.4, -0.2) is 26.9 Å². The number of carbonyl (C=O) groups is 2. The van der Waals surface area contributed by atoms with Crippen molar-refractivity contribution in [3.05, 3.63) is 6.07 Å². The summed E-state index contributed by atoms with van der Waals surface area (Å²) in [6.45, 7) is 3.52. The maximum Gasteiger partial charge on any atom is 0.410 e. The summed E-state index contributed by atoms with van der Waals surface area (Å²) in [6, 6.07) is 1.45. The van der Waals surface area contributed by atoms with Gasteiger partial charge in [0, 0.05) is 19.0 Å². The fourth-order valence-corrected chi connectivity index (χ4v) is 1.03. The molecule has 2 amide bonds. The Hall–Kier alpha value is -2.05. The number of nitrogens with one attached hydrogen (secondary N) is 2. The van der Waals surface area contributed by atoms with Gasteiger partial charge >= 0.3 is 6.09 Å². The molecule has 0 atom stereocenters. The van der Waals surface area contributed by atoms with Gasteiger partial charge in [0.2, 0.25) is 5.91 Å². The first-order chi connectivity index (χ1) is 7.40. The van der Waals surface area contributed by atoms with Crippen LogP contribution in [0.4, 0.5) is 16.4 Å². The fraction of sp³-hybridized carbons (Fsp3) is 0.444. The number of hydrogen-bond donors (Lipinski definition) is 3. The summed E-state index contributed by atoms with van der Waals surface area (Å²) < 4.78 is 1.34. The van der Waals surface area contributed by atoms with Crippen LogP contribution in [0.2, 0.25) is 0 Å². The molecule has 0 unspecified atom stereocenters. The molecular formula is C9H14N4O3. The summed E-state index contributed by atoms with van der Waals surface area (Å²) in [5, 5.41) is 17.2. The molecule has 1 aromatic heterocycles. The highest BCUT2D eigenvalue weighted by molar-refractivity contribution is 5.92. The number of anilines is 2. The lowest BCUT2D eigenvalue weighted by molar-refractivity contribution is -0.118. The predicted octanol–water partition coefficient (Wildman–Crippen LogP) is 1.10. The molecule has 1 rings (SSSR count). The molecule has 0 radical (unpaired) electrons. The van der Waals surface area contributed by atoms with Gasteiger partial charge in [-0.2, -0.15) is 5.10 Å². The molecule has 1 heterocycles. The van der Waals surface area contributed by atoms with Gasteiger partial charge in [-0.05, 0) is 0 Å². The largest absolute Gasteiger partial charge is 0.465 e. The van der Waals surface area contributed by atoms with E-state index in [1.54, 1.807) is 20.9 Å². The van der Waals surface area contributed by atoms with Gasteiger partial charge in [0.05, 0.1) is 0 Å². The van der Waals surface area contributed by atoms with Gasteiger partial charge < -0.3 is 10.4 Å². The number of rotatable bonds is 3. The molecule has 1 aromatic rings. The number of hydrogen-bond acceptors (Lipinski definition) is 3. The molecular weight excluding hydrogens is 212 g/mol. The van der Waals surface area contributed by atoms with Crippen molar-refractivity contribution in [1.29, 1.82) is 0 Å². The van der Waals surface area contributed by atoms with Gasteiger partial charge in [0.25, 0.3) is 0 Å². The Morgan fingerprint density at radius 3 is 2.56 bits per heavy atom. The van der Waals surface area contributed by atoms with Crippen molar-refractivity contribution in [2.75, 3.05) is 10.6 Å². The zero-order chi connectivity index (χ0) is 12.3. The van der Waals surface area contributed by atoms with Crippen molar-refractivity contribution in [3.63, 3.8) is 0 Å². The number of aromatic nitrogens is 2. The molecule has 88 valence electrons. The maximum atomic E-state index is 11.4. The lowest BCUT2D eigenvalue weighted by Crippen LogP contribution is -2.18. The second-order valence-corrected chi connectivity index (χ2v) is 3.61. The second kappa shape index (κ2) is 4.65. The summed E-state index contributed by atoms with van der Waals surface area (Å²) in [5.74, 6) is 0.300. The van der Waals surface area contributed by atoms with E-state index in [1.807, 2.05) is 0 Å². The SMILES string of the molecule is CC(C)C(=O)Nc1cc(NC(=O)O)n(C)n1. The molecule has 0 aliphatic heterocycles. The highest BCUT2D eigenvalue weighted by atomic mass is 16.4. The smallest absolute Gasteiger partial charge is 0.410 e. The lowest BCUT2D eigenvalue weighted by Gasteiger charge is -2.03. The van der Waals surface area contributed by atoms with Crippen molar-refractivity contribution in [2.24, 2.45) is 13.0 Å². The van der Waals surface area contributed by atoms with Crippen molar-refractivity contribution in [1.82, 2.24) is 9.78 Å². The third kappa shape index (κ3) is 2.97. The maximum absolute atomic E-state index is 11.4. The van der Waals surface area contributed by atoms with Crippen LogP contribution >= 0.6 is 0 Å². The summed E-state index contributed by atoms with van der Waals surface area (Å²) in [5.41, 5.74) is 0. The summed E-state index contributed by atoms with van der Waals surface area (Å²) in [7, 11) is 1.58. The van der Waals surface area contributed by atoms with E-state index in [0.717, 1.165) is 0 Å². The van der Waals surface area contributed by atoms with Crippen LogP contribution < -0.4 is 10.6 Å². The second-order valence-electron chi connectivity index (χ2n) is 3.61. The zero-order valence-corrected chi connectivity index (χ0v) is 9.31. The van der Waals surface area contributed by atoms with Crippen LogP contribution in [0.15, 0.2) is 6.07 Å². The molecule has 7 heteroatoms. The number of aryl methyl sites for hydroxylation is 1. The van der Waals surface area contributed by atoms with E-state index >= 15 is 0 Å². The van der Waals surface area contributed by atoms with Gasteiger partial charge in [-0.3, -0.25) is 14.8 Å². The van der Waals surface area contributed by atoms with Gasteiger partial charge in [-0.25, -0.2) is 4.79 Å². The summed E-state index contributed by atoms with van der Waals surface area (Å²) >= 11 is 0. The molecule has 0 bridgehead atoms. The number of amides is 2. The van der Waals surface area contributed by atoms with E-state index in [-0.39, 0.29) is 11.8 Å². The van der Waals surface area contributed by atoms with Gasteiger partial charge in [-0.1, -0.05) is 13.8 Å². The fourth-order valence-electron chi connectivity index (χ4n) is 1.03. The Bertz CT molecular complexity index is 411. The first kappa shape index (κ1) is 12.0. The Kier molecular flexibility index (Phi) is 3.49. The molecule has 7 nitrogen and oxygen atoms in total. The standard InChI is InChI=1S/C9H14N4O3/c1-5(2)8(14)10-6-4-7(11-9(15)16)13(3)12-6/h4-5,11H,1-3H3,(H,15,16)(H,10,12,14). The highest BCUT2D eigenvalue weighted by Gasteiger charge is 2.11. The van der Waals surface area contributed by atoms with E-state index in [0.29, 0.717) is 11.6 Å². The Morgan fingerprint density at radius 1 is 1.44 bits per heavy atom. The first-order valence-electron chi connectivity index (χ1n) is 4.75. The Labute approximate surface area is 92.4 Å². The number of carbonyl (C=O) groups excluding carboxylic acids is 1. The van der Waals surface area contributed by atoms with Crippen LogP contribution in [0.5, 0.6) is 0 Å². The third-order valence-electron chi connectivity index (χ3n) is 1.89. The van der Waals surface area contributed by atoms with Crippen molar-refractivity contribution in [3.8, 4) is 0 Å². The van der Waals surface area contributed by atoms with Crippen LogP contribution in [0.1, 0.15) is 13.8 Å². The molecule has 0 fully saturated rings. The van der Waals surface area contributed by atoms with Crippen LogP contribution in [0.3, 0.4) is 0 Å². The van der Waals surface area contributed by atoms with Crippen LogP contribution in [0, 0.1) is 5.92 Å². The zero-order valence-electron chi connectivity index (χ0n) is 9.31. The average molecular weight is 226 g/mol. The summed E-state index contributed by atoms with van der Waals surface area (Å²) in [4.78, 5) is 21.8. The Morgan fingerprint density at radius 2 is 2.06 bits per heavy atom. The molecule has 0 saturated carbocycles. The highest BCUT2D eigenvalue weighted by Crippen LogP contribution is 2.13. The third-order valence-corrected chi connectivity index (χ3v) is 1.89. The Balaban J connectivity index is 2.76. The van der Waals surface area contributed by atoms with E-state index in [9.17, 15) is 9.59 Å². The van der Waals surface area contributed by atoms with Crippen LogP contribution in [-0.2, 0) is 11.8 Å². The van der Waals surface area contributed by atoms with E-state index < -0.39 is 6.09 Å². The molecule has 3 N–H and O–H groups in total. The molecule has 0 aliphatic rings.